The SMILES string of the molecule is Cc1ccc(-c2c(C)c(-c3ccc(N=O)cc3)c(C)c(-c3ccc(ON)cc3)c2C)cc1. The third-order valence-electron chi connectivity index (χ3n) is 6.13. The quantitative estimate of drug-likeness (QED) is 0.266. The van der Waals surface area contributed by atoms with Crippen LogP contribution < -0.4 is 10.7 Å². The average molecular weight is 423 g/mol. The first kappa shape index (κ1) is 21.5. The summed E-state index contributed by atoms with van der Waals surface area (Å²) in [7, 11) is 0. The molecular weight excluding hydrogens is 396 g/mol. The molecule has 0 amide bonds. The zero-order valence-corrected chi connectivity index (χ0v) is 18.8. The Morgan fingerprint density at radius 2 is 0.969 bits per heavy atom. The van der Waals surface area contributed by atoms with E-state index in [-0.39, 0.29) is 0 Å². The van der Waals surface area contributed by atoms with Crippen molar-refractivity contribution < 1.29 is 4.84 Å². The van der Waals surface area contributed by atoms with Crippen molar-refractivity contribution in [2.75, 3.05) is 0 Å². The highest BCUT2D eigenvalue weighted by atomic mass is 16.6. The van der Waals surface area contributed by atoms with Gasteiger partial charge in [-0.15, -0.1) is 4.91 Å². The molecule has 0 radical (unpaired) electrons. The van der Waals surface area contributed by atoms with Crippen LogP contribution in [0.4, 0.5) is 5.69 Å². The Kier molecular flexibility index (Phi) is 5.89. The Balaban J connectivity index is 2.05. The summed E-state index contributed by atoms with van der Waals surface area (Å²) in [6.45, 7) is 8.61. The Labute approximate surface area is 188 Å². The van der Waals surface area contributed by atoms with Crippen molar-refractivity contribution in [3.05, 3.63) is 100.0 Å². The molecule has 0 unspecified atom stereocenters. The second kappa shape index (κ2) is 8.77. The van der Waals surface area contributed by atoms with Gasteiger partial charge < -0.3 is 4.84 Å². The van der Waals surface area contributed by atoms with Crippen molar-refractivity contribution >= 4 is 5.69 Å². The molecule has 2 N–H and O–H groups in total. The molecule has 4 heteroatoms. The molecule has 160 valence electrons. The third-order valence-corrected chi connectivity index (χ3v) is 6.13. The summed E-state index contributed by atoms with van der Waals surface area (Å²) in [6.07, 6.45) is 0. The fourth-order valence-corrected chi connectivity index (χ4v) is 4.63. The lowest BCUT2D eigenvalue weighted by atomic mass is 9.80. The van der Waals surface area contributed by atoms with E-state index in [9.17, 15) is 4.91 Å². The van der Waals surface area contributed by atoms with Gasteiger partial charge in [-0.25, -0.2) is 0 Å². The van der Waals surface area contributed by atoms with Crippen LogP contribution in [-0.4, -0.2) is 0 Å². The van der Waals surface area contributed by atoms with Crippen molar-refractivity contribution in [1.29, 1.82) is 0 Å². The van der Waals surface area contributed by atoms with Crippen LogP contribution in [0.5, 0.6) is 5.75 Å². The zero-order valence-electron chi connectivity index (χ0n) is 18.8. The van der Waals surface area contributed by atoms with Gasteiger partial charge in [-0.1, -0.05) is 54.1 Å². The first-order valence-electron chi connectivity index (χ1n) is 10.6. The highest BCUT2D eigenvalue weighted by Crippen LogP contribution is 2.44. The van der Waals surface area contributed by atoms with E-state index in [0.29, 0.717) is 11.4 Å². The number of nitrogens with zero attached hydrogens (tertiary/aromatic N) is 1. The first-order valence-corrected chi connectivity index (χ1v) is 10.6. The van der Waals surface area contributed by atoms with E-state index in [2.05, 4.69) is 57.1 Å². The van der Waals surface area contributed by atoms with E-state index >= 15 is 0 Å². The van der Waals surface area contributed by atoms with E-state index in [4.69, 9.17) is 10.7 Å². The topological polar surface area (TPSA) is 64.7 Å². The minimum atomic E-state index is 0.424. The van der Waals surface area contributed by atoms with Crippen molar-refractivity contribution in [2.45, 2.75) is 27.7 Å². The standard InChI is InChI=1S/C28H26N2O2/c1-17-5-7-21(8-6-17)26-18(2)27(22-9-13-24(30-31)14-10-22)20(4)28(19(26)3)23-11-15-25(32-29)16-12-23/h5-16H,29H2,1-4H3. The summed E-state index contributed by atoms with van der Waals surface area (Å²) in [4.78, 5) is 15.8. The molecular formula is C28H26N2O2. The monoisotopic (exact) mass is 422 g/mol. The van der Waals surface area contributed by atoms with Gasteiger partial charge in [0.05, 0.1) is 0 Å². The third kappa shape index (κ3) is 3.81. The van der Waals surface area contributed by atoms with Crippen molar-refractivity contribution in [3.63, 3.8) is 0 Å². The molecule has 0 aliphatic carbocycles. The summed E-state index contributed by atoms with van der Waals surface area (Å²) in [6, 6.07) is 23.9. The second-order valence-corrected chi connectivity index (χ2v) is 8.15. The number of nitroso groups, excluding NO2 is 1. The molecule has 0 bridgehead atoms. The fourth-order valence-electron chi connectivity index (χ4n) is 4.63. The van der Waals surface area contributed by atoms with Gasteiger partial charge in [0.25, 0.3) is 0 Å². The minimum absolute atomic E-state index is 0.424. The first-order chi connectivity index (χ1) is 15.4. The maximum atomic E-state index is 10.9. The molecule has 0 aliphatic heterocycles. The van der Waals surface area contributed by atoms with Crippen LogP contribution in [0.15, 0.2) is 78.0 Å². The molecule has 4 aromatic carbocycles. The van der Waals surface area contributed by atoms with Gasteiger partial charge in [0.1, 0.15) is 11.4 Å². The molecule has 0 atom stereocenters. The molecule has 4 rings (SSSR count). The van der Waals surface area contributed by atoms with E-state index in [1.54, 1.807) is 12.1 Å². The maximum absolute atomic E-state index is 10.9. The Bertz CT molecular complexity index is 1270. The summed E-state index contributed by atoms with van der Waals surface area (Å²) >= 11 is 0. The molecule has 0 saturated carbocycles. The van der Waals surface area contributed by atoms with Crippen LogP contribution in [0, 0.1) is 32.6 Å². The van der Waals surface area contributed by atoms with E-state index < -0.39 is 0 Å². The maximum Gasteiger partial charge on any atom is 0.146 e. The van der Waals surface area contributed by atoms with Crippen molar-refractivity contribution in [2.24, 2.45) is 11.1 Å². The average Bonchev–Trinajstić information content (AvgIpc) is 2.81. The lowest BCUT2D eigenvalue weighted by Gasteiger charge is -2.23. The lowest BCUT2D eigenvalue weighted by molar-refractivity contribution is 0.334. The van der Waals surface area contributed by atoms with E-state index in [1.165, 1.54) is 38.9 Å². The Morgan fingerprint density at radius 1 is 0.594 bits per heavy atom. The van der Waals surface area contributed by atoms with Crippen molar-refractivity contribution in [1.82, 2.24) is 0 Å². The predicted octanol–water partition coefficient (Wildman–Crippen LogP) is 7.57. The fraction of sp³-hybridized carbons (Fsp3) is 0.143. The molecule has 0 aliphatic rings. The summed E-state index contributed by atoms with van der Waals surface area (Å²) in [5.74, 6) is 5.94. The van der Waals surface area contributed by atoms with Gasteiger partial charge in [-0.05, 0) is 107 Å². The van der Waals surface area contributed by atoms with E-state index in [1.807, 2.05) is 36.4 Å². The zero-order chi connectivity index (χ0) is 22.8. The molecule has 4 aromatic rings. The number of rotatable bonds is 5. The smallest absolute Gasteiger partial charge is 0.146 e. The lowest BCUT2D eigenvalue weighted by Crippen LogP contribution is -2.02. The largest absolute Gasteiger partial charge is 0.412 e. The van der Waals surface area contributed by atoms with Gasteiger partial charge in [-0.2, -0.15) is 5.90 Å². The van der Waals surface area contributed by atoms with Crippen LogP contribution in [0.1, 0.15) is 22.3 Å². The molecule has 0 aromatic heterocycles. The number of hydrogen-bond donors (Lipinski definition) is 1. The van der Waals surface area contributed by atoms with Gasteiger partial charge in [0, 0.05) is 0 Å². The number of nitrogens with two attached hydrogens (primary N) is 1. The molecule has 0 fully saturated rings. The molecule has 32 heavy (non-hydrogen) atoms. The molecule has 0 heterocycles. The summed E-state index contributed by atoms with van der Waals surface area (Å²) in [5, 5.41) is 3.05. The summed E-state index contributed by atoms with van der Waals surface area (Å²) in [5.41, 5.74) is 12.2. The van der Waals surface area contributed by atoms with Crippen LogP contribution in [0.2, 0.25) is 0 Å². The minimum Gasteiger partial charge on any atom is -0.412 e. The van der Waals surface area contributed by atoms with Gasteiger partial charge in [-0.3, -0.25) is 0 Å². The van der Waals surface area contributed by atoms with Crippen molar-refractivity contribution in [3.8, 4) is 39.1 Å². The number of hydrogen-bond acceptors (Lipinski definition) is 4. The highest BCUT2D eigenvalue weighted by Gasteiger charge is 2.20. The normalized spacial score (nSPS) is 10.8. The van der Waals surface area contributed by atoms with Gasteiger partial charge >= 0.3 is 0 Å². The second-order valence-electron chi connectivity index (χ2n) is 8.15. The summed E-state index contributed by atoms with van der Waals surface area (Å²) < 4.78 is 0. The number of aryl methyl sites for hydroxylation is 1. The predicted molar refractivity (Wildman–Crippen MR) is 132 cm³/mol. The van der Waals surface area contributed by atoms with Crippen LogP contribution in [0.25, 0.3) is 33.4 Å². The Morgan fingerprint density at radius 3 is 1.34 bits per heavy atom. The van der Waals surface area contributed by atoms with E-state index in [0.717, 1.165) is 16.7 Å². The Hall–Kier alpha value is -3.76. The molecule has 4 nitrogen and oxygen atoms in total. The van der Waals surface area contributed by atoms with Gasteiger partial charge in [0.2, 0.25) is 0 Å². The van der Waals surface area contributed by atoms with Gasteiger partial charge in [0.15, 0.2) is 0 Å². The van der Waals surface area contributed by atoms with Crippen LogP contribution in [0.3, 0.4) is 0 Å². The highest BCUT2D eigenvalue weighted by molar-refractivity contribution is 5.91. The van der Waals surface area contributed by atoms with Crippen LogP contribution >= 0.6 is 0 Å². The number of benzene rings is 4. The molecule has 0 saturated heterocycles. The molecule has 0 spiro atoms. The van der Waals surface area contributed by atoms with Crippen LogP contribution in [-0.2, 0) is 0 Å².